The molecule has 1 fully saturated rings. The number of methoxy groups -OCH3 is 1. The molecule has 1 aliphatic rings. The lowest BCUT2D eigenvalue weighted by atomic mass is 10.2. The lowest BCUT2D eigenvalue weighted by Gasteiger charge is -2.18. The summed E-state index contributed by atoms with van der Waals surface area (Å²) in [6, 6.07) is 11.3. The smallest absolute Gasteiger partial charge is 0.276 e. The van der Waals surface area contributed by atoms with Gasteiger partial charge in [0.1, 0.15) is 16.4 Å². The van der Waals surface area contributed by atoms with Crippen LogP contribution in [-0.2, 0) is 14.8 Å². The highest BCUT2D eigenvalue weighted by atomic mass is 32.2. The van der Waals surface area contributed by atoms with E-state index in [1.165, 1.54) is 29.6 Å². The summed E-state index contributed by atoms with van der Waals surface area (Å²) in [4.78, 5) is 24.3. The van der Waals surface area contributed by atoms with E-state index in [-0.39, 0.29) is 22.8 Å². The second-order valence-corrected chi connectivity index (χ2v) is 8.99. The number of benzene rings is 2. The van der Waals surface area contributed by atoms with E-state index in [4.69, 9.17) is 9.47 Å². The molecule has 1 heterocycles. The molecule has 0 atom stereocenters. The number of hydrazine groups is 1. The first-order valence-electron chi connectivity index (χ1n) is 9.78. The number of ether oxygens (including phenoxy) is 2. The molecule has 2 aromatic rings. The monoisotopic (exact) mass is 447 g/mol. The van der Waals surface area contributed by atoms with E-state index >= 15 is 0 Å². The van der Waals surface area contributed by atoms with Gasteiger partial charge in [-0.15, -0.1) is 0 Å². The van der Waals surface area contributed by atoms with Crippen molar-refractivity contribution in [3.05, 3.63) is 53.6 Å². The van der Waals surface area contributed by atoms with Crippen LogP contribution in [0.2, 0.25) is 0 Å². The molecule has 1 saturated heterocycles. The average Bonchev–Trinajstić information content (AvgIpc) is 3.31. The van der Waals surface area contributed by atoms with Gasteiger partial charge in [0.2, 0.25) is 10.0 Å². The summed E-state index contributed by atoms with van der Waals surface area (Å²) in [5, 5.41) is 0. The molecule has 166 valence electrons. The zero-order chi connectivity index (χ0) is 22.4. The standard InChI is InChI=1S/C21H25N3O6S/c1-15-6-5-7-17(12-15)30-14-20(25)22-23-21(26)16-8-9-18(29-2)19(13-16)31(27,28)24-10-3-4-11-24/h5-9,12-13H,3-4,10-11,14H2,1-2H3,(H,22,25)(H,23,26). The maximum absolute atomic E-state index is 12.9. The van der Waals surface area contributed by atoms with Gasteiger partial charge >= 0.3 is 0 Å². The average molecular weight is 448 g/mol. The minimum absolute atomic E-state index is 0.0680. The molecule has 0 bridgehead atoms. The Morgan fingerprint density at radius 3 is 2.48 bits per heavy atom. The van der Waals surface area contributed by atoms with Crippen molar-refractivity contribution in [3.63, 3.8) is 0 Å². The van der Waals surface area contributed by atoms with Crippen molar-refractivity contribution in [2.45, 2.75) is 24.7 Å². The molecular weight excluding hydrogens is 422 g/mol. The first-order chi connectivity index (χ1) is 14.8. The second kappa shape index (κ2) is 9.80. The number of sulfonamides is 1. The van der Waals surface area contributed by atoms with E-state index in [0.717, 1.165) is 18.4 Å². The highest BCUT2D eigenvalue weighted by Crippen LogP contribution is 2.29. The van der Waals surface area contributed by atoms with Gasteiger partial charge < -0.3 is 9.47 Å². The van der Waals surface area contributed by atoms with Crippen molar-refractivity contribution in [2.75, 3.05) is 26.8 Å². The van der Waals surface area contributed by atoms with Crippen LogP contribution in [0.5, 0.6) is 11.5 Å². The minimum atomic E-state index is -3.79. The van der Waals surface area contributed by atoms with Gasteiger partial charge in [-0.25, -0.2) is 8.42 Å². The molecule has 3 rings (SSSR count). The Morgan fingerprint density at radius 1 is 1.06 bits per heavy atom. The van der Waals surface area contributed by atoms with E-state index in [2.05, 4.69) is 10.9 Å². The summed E-state index contributed by atoms with van der Waals surface area (Å²) in [5.41, 5.74) is 5.58. The van der Waals surface area contributed by atoms with Crippen molar-refractivity contribution in [1.82, 2.24) is 15.2 Å². The number of nitrogens with one attached hydrogen (secondary N) is 2. The molecule has 0 unspecified atom stereocenters. The Hall–Kier alpha value is -3.11. The SMILES string of the molecule is COc1ccc(C(=O)NNC(=O)COc2cccc(C)c2)cc1S(=O)(=O)N1CCCC1. The van der Waals surface area contributed by atoms with Crippen LogP contribution in [-0.4, -0.2) is 51.3 Å². The molecule has 2 aromatic carbocycles. The van der Waals surface area contributed by atoms with Crippen LogP contribution < -0.4 is 20.3 Å². The quantitative estimate of drug-likeness (QED) is 0.624. The summed E-state index contributed by atoms with van der Waals surface area (Å²) in [5.74, 6) is -0.537. The molecule has 0 aromatic heterocycles. The topological polar surface area (TPSA) is 114 Å². The summed E-state index contributed by atoms with van der Waals surface area (Å²) < 4.78 is 37.8. The number of carbonyl (C=O) groups excluding carboxylic acids is 2. The molecule has 31 heavy (non-hydrogen) atoms. The van der Waals surface area contributed by atoms with Gasteiger partial charge in [-0.1, -0.05) is 12.1 Å². The van der Waals surface area contributed by atoms with Gasteiger partial charge in [0.15, 0.2) is 6.61 Å². The third-order valence-corrected chi connectivity index (χ3v) is 6.70. The molecule has 0 aliphatic carbocycles. The normalized spacial score (nSPS) is 14.1. The number of hydrogen-bond acceptors (Lipinski definition) is 6. The van der Waals surface area contributed by atoms with E-state index < -0.39 is 21.8 Å². The summed E-state index contributed by atoms with van der Waals surface area (Å²) in [6.45, 7) is 2.47. The van der Waals surface area contributed by atoms with Crippen molar-refractivity contribution >= 4 is 21.8 Å². The number of nitrogens with zero attached hydrogens (tertiary/aromatic N) is 1. The third kappa shape index (κ3) is 5.53. The minimum Gasteiger partial charge on any atom is -0.495 e. The summed E-state index contributed by atoms with van der Waals surface area (Å²) in [6.07, 6.45) is 1.58. The van der Waals surface area contributed by atoms with E-state index in [1.807, 2.05) is 19.1 Å². The van der Waals surface area contributed by atoms with E-state index in [9.17, 15) is 18.0 Å². The molecule has 0 spiro atoms. The number of carbonyl (C=O) groups is 2. The Morgan fingerprint density at radius 2 is 1.81 bits per heavy atom. The van der Waals surface area contributed by atoms with Crippen LogP contribution in [0, 0.1) is 6.92 Å². The molecule has 9 nitrogen and oxygen atoms in total. The first kappa shape index (κ1) is 22.6. The van der Waals surface area contributed by atoms with Crippen LogP contribution in [0.1, 0.15) is 28.8 Å². The number of aryl methyl sites for hydroxylation is 1. The second-order valence-electron chi connectivity index (χ2n) is 7.08. The van der Waals surface area contributed by atoms with E-state index in [0.29, 0.717) is 18.8 Å². The van der Waals surface area contributed by atoms with Crippen LogP contribution in [0.25, 0.3) is 0 Å². The van der Waals surface area contributed by atoms with Crippen molar-refractivity contribution < 1.29 is 27.5 Å². The highest BCUT2D eigenvalue weighted by Gasteiger charge is 2.30. The summed E-state index contributed by atoms with van der Waals surface area (Å²) in [7, 11) is -2.42. The van der Waals surface area contributed by atoms with Gasteiger partial charge in [-0.05, 0) is 55.7 Å². The molecule has 2 N–H and O–H groups in total. The number of amides is 2. The Labute approximate surface area is 181 Å². The highest BCUT2D eigenvalue weighted by molar-refractivity contribution is 7.89. The van der Waals surface area contributed by atoms with Crippen LogP contribution in [0.4, 0.5) is 0 Å². The van der Waals surface area contributed by atoms with Crippen molar-refractivity contribution in [3.8, 4) is 11.5 Å². The predicted octanol–water partition coefficient (Wildman–Crippen LogP) is 1.63. The molecule has 10 heteroatoms. The molecule has 1 aliphatic heterocycles. The first-order valence-corrected chi connectivity index (χ1v) is 11.2. The Bertz CT molecular complexity index is 1060. The van der Waals surface area contributed by atoms with E-state index in [1.54, 1.807) is 12.1 Å². The molecule has 0 saturated carbocycles. The van der Waals surface area contributed by atoms with Gasteiger partial charge in [0.25, 0.3) is 11.8 Å². The van der Waals surface area contributed by atoms with Crippen molar-refractivity contribution in [2.24, 2.45) is 0 Å². The fourth-order valence-electron chi connectivity index (χ4n) is 3.18. The lowest BCUT2D eigenvalue weighted by molar-refractivity contribution is -0.123. The Balaban J connectivity index is 1.64. The fraction of sp³-hybridized carbons (Fsp3) is 0.333. The van der Waals surface area contributed by atoms with Crippen LogP contribution >= 0.6 is 0 Å². The van der Waals surface area contributed by atoms with Gasteiger partial charge in [-0.3, -0.25) is 20.4 Å². The summed E-state index contributed by atoms with van der Waals surface area (Å²) >= 11 is 0. The predicted molar refractivity (Wildman–Crippen MR) is 113 cm³/mol. The zero-order valence-electron chi connectivity index (χ0n) is 17.4. The van der Waals surface area contributed by atoms with Gasteiger partial charge in [0.05, 0.1) is 7.11 Å². The number of hydrogen-bond donors (Lipinski definition) is 2. The van der Waals surface area contributed by atoms with Gasteiger partial charge in [-0.2, -0.15) is 4.31 Å². The Kier molecular flexibility index (Phi) is 7.13. The third-order valence-electron chi connectivity index (χ3n) is 4.78. The van der Waals surface area contributed by atoms with Crippen molar-refractivity contribution in [1.29, 1.82) is 0 Å². The maximum atomic E-state index is 12.9. The lowest BCUT2D eigenvalue weighted by Crippen LogP contribution is -2.43. The van der Waals surface area contributed by atoms with Gasteiger partial charge in [0, 0.05) is 18.7 Å². The fourth-order valence-corrected chi connectivity index (χ4v) is 4.87. The molecule has 0 radical (unpaired) electrons. The number of rotatable bonds is 7. The van der Waals surface area contributed by atoms with Crippen LogP contribution in [0.15, 0.2) is 47.4 Å². The van der Waals surface area contributed by atoms with Crippen LogP contribution in [0.3, 0.4) is 0 Å². The largest absolute Gasteiger partial charge is 0.495 e. The molecule has 2 amide bonds. The maximum Gasteiger partial charge on any atom is 0.276 e. The zero-order valence-corrected chi connectivity index (χ0v) is 18.2. The molecular formula is C21H25N3O6S.